The quantitative estimate of drug-likeness (QED) is 0.519. The predicted molar refractivity (Wildman–Crippen MR) is 115 cm³/mol. The number of carboxylic acids is 1. The fraction of sp³-hybridized carbons (Fsp3) is 0.792. The smallest absolute Gasteiger partial charge is 0.309 e. The highest BCUT2D eigenvalue weighted by molar-refractivity contribution is 5.73. The second-order valence-electron chi connectivity index (χ2n) is 9.01. The molecule has 2 rings (SSSR count). The number of fused-ring (bicyclic) bond motifs is 1. The molecule has 0 saturated carbocycles. The molecule has 0 aromatic rings. The molecule has 0 aromatic heterocycles. The lowest BCUT2D eigenvalue weighted by Gasteiger charge is -2.37. The second-order valence-corrected chi connectivity index (χ2v) is 9.01. The van der Waals surface area contributed by atoms with Gasteiger partial charge in [0.2, 0.25) is 0 Å². The highest BCUT2D eigenvalue weighted by Gasteiger charge is 2.32. The van der Waals surface area contributed by atoms with Crippen LogP contribution in [0.15, 0.2) is 23.8 Å². The number of carbonyl (C=O) groups is 1. The SMILES string of the molecule is CC(O)CC(O)CCC1C(C)C=CC2=CCCCC21.CCC(C)(CC)C(=O)O. The summed E-state index contributed by atoms with van der Waals surface area (Å²) in [5.74, 6) is 1.29. The van der Waals surface area contributed by atoms with Crippen molar-refractivity contribution in [2.75, 3.05) is 0 Å². The second kappa shape index (κ2) is 11.8. The van der Waals surface area contributed by atoms with Gasteiger partial charge in [0.1, 0.15) is 0 Å². The highest BCUT2D eigenvalue weighted by Crippen LogP contribution is 2.42. The summed E-state index contributed by atoms with van der Waals surface area (Å²) in [6.07, 6.45) is 13.9. The number of hydrogen-bond acceptors (Lipinski definition) is 3. The molecule has 2 aliphatic carbocycles. The Hall–Kier alpha value is -1.13. The van der Waals surface area contributed by atoms with Crippen LogP contribution in [0.5, 0.6) is 0 Å². The van der Waals surface area contributed by atoms with E-state index >= 15 is 0 Å². The van der Waals surface area contributed by atoms with Gasteiger partial charge in [0, 0.05) is 0 Å². The van der Waals surface area contributed by atoms with Crippen molar-refractivity contribution in [1.82, 2.24) is 0 Å². The van der Waals surface area contributed by atoms with E-state index in [1.807, 2.05) is 13.8 Å². The molecule has 28 heavy (non-hydrogen) atoms. The lowest BCUT2D eigenvalue weighted by atomic mass is 9.68. The van der Waals surface area contributed by atoms with Gasteiger partial charge in [0.25, 0.3) is 0 Å². The third-order valence-corrected chi connectivity index (χ3v) is 6.84. The van der Waals surface area contributed by atoms with Crippen LogP contribution in [-0.4, -0.2) is 33.5 Å². The molecule has 0 fully saturated rings. The summed E-state index contributed by atoms with van der Waals surface area (Å²) in [6, 6.07) is 0. The Morgan fingerprint density at radius 3 is 2.43 bits per heavy atom. The molecule has 0 aliphatic heterocycles. The summed E-state index contributed by atoms with van der Waals surface area (Å²) < 4.78 is 0. The number of aliphatic hydroxyl groups excluding tert-OH is 2. The monoisotopic (exact) mass is 394 g/mol. The molecule has 0 saturated heterocycles. The van der Waals surface area contributed by atoms with E-state index in [-0.39, 0.29) is 6.10 Å². The first kappa shape index (κ1) is 24.9. The first-order chi connectivity index (χ1) is 13.1. The summed E-state index contributed by atoms with van der Waals surface area (Å²) in [7, 11) is 0. The largest absolute Gasteiger partial charge is 0.481 e. The van der Waals surface area contributed by atoms with Crippen LogP contribution < -0.4 is 0 Å². The van der Waals surface area contributed by atoms with Crippen molar-refractivity contribution in [2.45, 2.75) is 98.2 Å². The molecule has 4 heteroatoms. The first-order valence-electron chi connectivity index (χ1n) is 11.1. The van der Waals surface area contributed by atoms with Gasteiger partial charge in [-0.05, 0) is 88.5 Å². The fourth-order valence-electron chi connectivity index (χ4n) is 4.26. The highest BCUT2D eigenvalue weighted by atomic mass is 16.4. The van der Waals surface area contributed by atoms with Gasteiger partial charge >= 0.3 is 5.97 Å². The Balaban J connectivity index is 0.000000370. The Morgan fingerprint density at radius 2 is 1.93 bits per heavy atom. The van der Waals surface area contributed by atoms with Gasteiger partial charge < -0.3 is 15.3 Å². The van der Waals surface area contributed by atoms with Crippen LogP contribution in [0.3, 0.4) is 0 Å². The number of rotatable bonds is 8. The molecule has 0 radical (unpaired) electrons. The number of carboxylic acid groups (broad SMARTS) is 1. The molecule has 0 bridgehead atoms. The van der Waals surface area contributed by atoms with E-state index < -0.39 is 17.5 Å². The van der Waals surface area contributed by atoms with Crippen LogP contribution in [0.1, 0.15) is 86.0 Å². The zero-order valence-electron chi connectivity index (χ0n) is 18.5. The lowest BCUT2D eigenvalue weighted by molar-refractivity contribution is -0.148. The minimum absolute atomic E-state index is 0.353. The van der Waals surface area contributed by atoms with Gasteiger partial charge in [0.15, 0.2) is 0 Å². The summed E-state index contributed by atoms with van der Waals surface area (Å²) in [5, 5.41) is 27.9. The number of hydrogen-bond donors (Lipinski definition) is 3. The van der Waals surface area contributed by atoms with E-state index in [4.69, 9.17) is 5.11 Å². The van der Waals surface area contributed by atoms with Gasteiger partial charge in [-0.2, -0.15) is 0 Å². The van der Waals surface area contributed by atoms with Crippen LogP contribution in [-0.2, 0) is 4.79 Å². The zero-order valence-corrected chi connectivity index (χ0v) is 18.5. The molecule has 0 aromatic carbocycles. The summed E-state index contributed by atoms with van der Waals surface area (Å²) in [5.41, 5.74) is 1.03. The minimum atomic E-state index is -0.687. The number of allylic oxidation sites excluding steroid dienone is 4. The minimum Gasteiger partial charge on any atom is -0.481 e. The Morgan fingerprint density at radius 1 is 1.29 bits per heavy atom. The third-order valence-electron chi connectivity index (χ3n) is 6.84. The Labute approximate surface area is 171 Å². The third kappa shape index (κ3) is 7.36. The first-order valence-corrected chi connectivity index (χ1v) is 11.1. The normalized spacial score (nSPS) is 26.4. The maximum Gasteiger partial charge on any atom is 0.309 e. The summed E-state index contributed by atoms with van der Waals surface area (Å²) >= 11 is 0. The van der Waals surface area contributed by atoms with Crippen LogP contribution in [0.4, 0.5) is 0 Å². The van der Waals surface area contributed by atoms with Gasteiger partial charge in [-0.15, -0.1) is 0 Å². The fourth-order valence-corrected chi connectivity index (χ4v) is 4.26. The maximum atomic E-state index is 10.5. The molecule has 3 N–H and O–H groups in total. The van der Waals surface area contributed by atoms with Crippen molar-refractivity contribution in [1.29, 1.82) is 0 Å². The van der Waals surface area contributed by atoms with Gasteiger partial charge in [-0.25, -0.2) is 0 Å². The Bertz CT molecular complexity index is 531. The van der Waals surface area contributed by atoms with Crippen LogP contribution >= 0.6 is 0 Å². The van der Waals surface area contributed by atoms with Gasteiger partial charge in [0.05, 0.1) is 17.6 Å². The number of aliphatic carboxylic acids is 1. The summed E-state index contributed by atoms with van der Waals surface area (Å²) in [6.45, 7) is 9.62. The average Bonchev–Trinajstić information content (AvgIpc) is 2.66. The van der Waals surface area contributed by atoms with Crippen LogP contribution in [0.25, 0.3) is 0 Å². The van der Waals surface area contributed by atoms with E-state index in [0.29, 0.717) is 37.0 Å². The molecule has 5 unspecified atom stereocenters. The molecule has 5 atom stereocenters. The van der Waals surface area contributed by atoms with Crippen molar-refractivity contribution in [3.63, 3.8) is 0 Å². The molecular formula is C24H42O4. The average molecular weight is 395 g/mol. The summed E-state index contributed by atoms with van der Waals surface area (Å²) in [4.78, 5) is 10.5. The molecule has 0 heterocycles. The predicted octanol–water partition coefficient (Wildman–Crippen LogP) is 5.34. The standard InChI is InChI=1S/C17H28O2.C7H14O2/c1-12-7-8-14-5-3-4-6-17(14)16(12)10-9-15(19)11-13(2)18;1-4-7(3,5-2)6(8)9/h5,7-8,12-13,15-19H,3-4,6,9-11H2,1-2H3;4-5H2,1-3H3,(H,8,9). The molecule has 0 amide bonds. The van der Waals surface area contributed by atoms with E-state index in [2.05, 4.69) is 25.2 Å². The van der Waals surface area contributed by atoms with Crippen LogP contribution in [0.2, 0.25) is 0 Å². The van der Waals surface area contributed by atoms with Gasteiger partial charge in [-0.1, -0.05) is 39.0 Å². The lowest BCUT2D eigenvalue weighted by Crippen LogP contribution is -2.28. The van der Waals surface area contributed by atoms with Crippen molar-refractivity contribution in [2.24, 2.45) is 23.2 Å². The molecule has 0 spiro atoms. The topological polar surface area (TPSA) is 77.8 Å². The molecular weight excluding hydrogens is 352 g/mol. The van der Waals surface area contributed by atoms with Crippen molar-refractivity contribution in [3.8, 4) is 0 Å². The van der Waals surface area contributed by atoms with Crippen molar-refractivity contribution in [3.05, 3.63) is 23.8 Å². The van der Waals surface area contributed by atoms with E-state index in [9.17, 15) is 15.0 Å². The van der Waals surface area contributed by atoms with E-state index in [0.717, 1.165) is 12.8 Å². The van der Waals surface area contributed by atoms with E-state index in [1.54, 1.807) is 13.8 Å². The number of aliphatic hydroxyl groups is 2. The van der Waals surface area contributed by atoms with Crippen LogP contribution in [0, 0.1) is 23.2 Å². The van der Waals surface area contributed by atoms with Crippen molar-refractivity contribution >= 4 is 5.97 Å². The molecule has 2 aliphatic rings. The van der Waals surface area contributed by atoms with Gasteiger partial charge in [-0.3, -0.25) is 4.79 Å². The molecule has 4 nitrogen and oxygen atoms in total. The van der Waals surface area contributed by atoms with Crippen molar-refractivity contribution < 1.29 is 20.1 Å². The molecule has 162 valence electrons. The zero-order chi connectivity index (χ0) is 21.3. The van der Waals surface area contributed by atoms with E-state index in [1.165, 1.54) is 24.8 Å². The maximum absolute atomic E-state index is 10.5. The Kier molecular flexibility index (Phi) is 10.5.